The van der Waals surface area contributed by atoms with Gasteiger partial charge in [-0.25, -0.2) is 14.4 Å². The number of aromatic nitrogens is 2. The van der Waals surface area contributed by atoms with Gasteiger partial charge in [-0.05, 0) is 41.1 Å². The SMILES string of the molecule is Cc1cc(N)nc(-c2ccc(F)c(Br)c2)n1. The highest BCUT2D eigenvalue weighted by Crippen LogP contribution is 2.23. The summed E-state index contributed by atoms with van der Waals surface area (Å²) in [6.45, 7) is 1.83. The van der Waals surface area contributed by atoms with Crippen LogP contribution in [0.4, 0.5) is 10.2 Å². The number of benzene rings is 1. The topological polar surface area (TPSA) is 51.8 Å². The lowest BCUT2D eigenvalue weighted by Gasteiger charge is -2.04. The fraction of sp³-hybridized carbons (Fsp3) is 0.0909. The van der Waals surface area contributed by atoms with Gasteiger partial charge in [0, 0.05) is 17.3 Å². The van der Waals surface area contributed by atoms with Crippen molar-refractivity contribution in [3.63, 3.8) is 0 Å². The van der Waals surface area contributed by atoms with Gasteiger partial charge in [-0.3, -0.25) is 0 Å². The van der Waals surface area contributed by atoms with E-state index in [0.29, 0.717) is 16.1 Å². The van der Waals surface area contributed by atoms with Crippen LogP contribution >= 0.6 is 15.9 Å². The van der Waals surface area contributed by atoms with Crippen LogP contribution in [0.1, 0.15) is 5.69 Å². The van der Waals surface area contributed by atoms with Crippen molar-refractivity contribution in [2.75, 3.05) is 5.73 Å². The fourth-order valence-corrected chi connectivity index (χ4v) is 1.74. The minimum Gasteiger partial charge on any atom is -0.384 e. The third kappa shape index (κ3) is 2.19. The van der Waals surface area contributed by atoms with E-state index in [2.05, 4.69) is 25.9 Å². The zero-order valence-electron chi connectivity index (χ0n) is 8.54. The third-order valence-electron chi connectivity index (χ3n) is 2.05. The number of anilines is 1. The summed E-state index contributed by atoms with van der Waals surface area (Å²) in [5.41, 5.74) is 7.13. The van der Waals surface area contributed by atoms with E-state index in [4.69, 9.17) is 5.73 Å². The molecule has 16 heavy (non-hydrogen) atoms. The molecular weight excluding hydrogens is 273 g/mol. The minimum absolute atomic E-state index is 0.315. The molecule has 0 atom stereocenters. The van der Waals surface area contributed by atoms with Crippen LogP contribution in [0.15, 0.2) is 28.7 Å². The van der Waals surface area contributed by atoms with Crippen molar-refractivity contribution < 1.29 is 4.39 Å². The molecular formula is C11H9BrFN3. The number of nitrogens with two attached hydrogens (primary N) is 1. The number of rotatable bonds is 1. The molecule has 1 aromatic carbocycles. The Morgan fingerprint density at radius 1 is 1.25 bits per heavy atom. The zero-order chi connectivity index (χ0) is 11.7. The third-order valence-corrected chi connectivity index (χ3v) is 2.66. The maximum atomic E-state index is 13.1. The van der Waals surface area contributed by atoms with Gasteiger partial charge in [-0.1, -0.05) is 0 Å². The maximum Gasteiger partial charge on any atom is 0.161 e. The molecule has 2 rings (SSSR count). The van der Waals surface area contributed by atoms with Crippen LogP contribution in [0, 0.1) is 12.7 Å². The summed E-state index contributed by atoms with van der Waals surface area (Å²) < 4.78 is 13.4. The second kappa shape index (κ2) is 4.17. The minimum atomic E-state index is -0.315. The zero-order valence-corrected chi connectivity index (χ0v) is 10.1. The van der Waals surface area contributed by atoms with E-state index in [-0.39, 0.29) is 5.82 Å². The molecule has 2 aromatic rings. The van der Waals surface area contributed by atoms with Crippen molar-refractivity contribution >= 4 is 21.7 Å². The van der Waals surface area contributed by atoms with Gasteiger partial charge < -0.3 is 5.73 Å². The molecule has 0 bridgehead atoms. The van der Waals surface area contributed by atoms with Crippen LogP contribution in [0.5, 0.6) is 0 Å². The highest BCUT2D eigenvalue weighted by atomic mass is 79.9. The molecule has 0 saturated carbocycles. The van der Waals surface area contributed by atoms with Gasteiger partial charge in [-0.15, -0.1) is 0 Å². The molecule has 0 fully saturated rings. The Kier molecular flexibility index (Phi) is 2.87. The van der Waals surface area contributed by atoms with Gasteiger partial charge in [0.25, 0.3) is 0 Å². The standard InChI is InChI=1S/C11H9BrFN3/c1-6-4-10(14)16-11(15-6)7-2-3-9(13)8(12)5-7/h2-5H,1H3,(H2,14,15,16). The number of aryl methyl sites for hydroxylation is 1. The first-order valence-corrected chi connectivity index (χ1v) is 5.42. The van der Waals surface area contributed by atoms with Crippen LogP contribution in [-0.2, 0) is 0 Å². The van der Waals surface area contributed by atoms with E-state index < -0.39 is 0 Å². The summed E-state index contributed by atoms with van der Waals surface area (Å²) in [4.78, 5) is 8.34. The molecule has 5 heteroatoms. The predicted octanol–water partition coefficient (Wildman–Crippen LogP) is 2.94. The number of nitrogens with zero attached hydrogens (tertiary/aromatic N) is 2. The molecule has 1 heterocycles. The van der Waals surface area contributed by atoms with Gasteiger partial charge in [-0.2, -0.15) is 0 Å². The van der Waals surface area contributed by atoms with E-state index in [9.17, 15) is 4.39 Å². The number of nitrogen functional groups attached to an aromatic ring is 1. The molecule has 0 aliphatic carbocycles. The Morgan fingerprint density at radius 2 is 2.00 bits per heavy atom. The van der Waals surface area contributed by atoms with Gasteiger partial charge >= 0.3 is 0 Å². The van der Waals surface area contributed by atoms with E-state index in [1.165, 1.54) is 6.07 Å². The van der Waals surface area contributed by atoms with Crippen molar-refractivity contribution in [1.29, 1.82) is 0 Å². The highest BCUT2D eigenvalue weighted by Gasteiger charge is 2.06. The molecule has 2 N–H and O–H groups in total. The van der Waals surface area contributed by atoms with E-state index in [0.717, 1.165) is 11.3 Å². The van der Waals surface area contributed by atoms with Crippen molar-refractivity contribution in [2.45, 2.75) is 6.92 Å². The van der Waals surface area contributed by atoms with Crippen molar-refractivity contribution in [3.05, 3.63) is 40.2 Å². The van der Waals surface area contributed by atoms with Crippen LogP contribution in [0.2, 0.25) is 0 Å². The Morgan fingerprint density at radius 3 is 2.62 bits per heavy atom. The average Bonchev–Trinajstić information content (AvgIpc) is 2.20. The smallest absolute Gasteiger partial charge is 0.161 e. The quantitative estimate of drug-likeness (QED) is 0.874. The van der Waals surface area contributed by atoms with Crippen molar-refractivity contribution in [1.82, 2.24) is 9.97 Å². The first-order chi connectivity index (χ1) is 7.56. The molecule has 3 nitrogen and oxygen atoms in total. The Labute approximate surface area is 101 Å². The molecule has 0 amide bonds. The lowest BCUT2D eigenvalue weighted by Crippen LogP contribution is -1.97. The average molecular weight is 282 g/mol. The Balaban J connectivity index is 2.54. The Bertz CT molecular complexity index is 522. The molecule has 1 aromatic heterocycles. The Hall–Kier alpha value is -1.49. The van der Waals surface area contributed by atoms with Crippen molar-refractivity contribution in [2.24, 2.45) is 0 Å². The monoisotopic (exact) mass is 281 g/mol. The highest BCUT2D eigenvalue weighted by molar-refractivity contribution is 9.10. The lowest BCUT2D eigenvalue weighted by molar-refractivity contribution is 0.621. The fourth-order valence-electron chi connectivity index (χ4n) is 1.36. The van der Waals surface area contributed by atoms with Crippen LogP contribution in [0.25, 0.3) is 11.4 Å². The second-order valence-electron chi connectivity index (χ2n) is 3.39. The van der Waals surface area contributed by atoms with E-state index in [1.807, 2.05) is 6.92 Å². The van der Waals surface area contributed by atoms with Crippen LogP contribution in [0.3, 0.4) is 0 Å². The molecule has 0 aliphatic heterocycles. The van der Waals surface area contributed by atoms with Gasteiger partial charge in [0.2, 0.25) is 0 Å². The summed E-state index contributed by atoms with van der Waals surface area (Å²) in [6, 6.07) is 6.29. The largest absolute Gasteiger partial charge is 0.384 e. The van der Waals surface area contributed by atoms with Gasteiger partial charge in [0.15, 0.2) is 5.82 Å². The molecule has 0 aliphatic rings. The summed E-state index contributed by atoms with van der Waals surface area (Å²) >= 11 is 3.12. The first kappa shape index (κ1) is 11.0. The van der Waals surface area contributed by atoms with Gasteiger partial charge in [0.1, 0.15) is 11.6 Å². The molecule has 82 valence electrons. The summed E-state index contributed by atoms with van der Waals surface area (Å²) in [6.07, 6.45) is 0. The van der Waals surface area contributed by atoms with Crippen LogP contribution in [-0.4, -0.2) is 9.97 Å². The summed E-state index contributed by atoms with van der Waals surface area (Å²) in [5.74, 6) is 0.588. The number of hydrogen-bond donors (Lipinski definition) is 1. The second-order valence-corrected chi connectivity index (χ2v) is 4.24. The number of hydrogen-bond acceptors (Lipinski definition) is 3. The van der Waals surface area contributed by atoms with Crippen molar-refractivity contribution in [3.8, 4) is 11.4 Å². The number of halogens is 2. The molecule has 0 spiro atoms. The normalized spacial score (nSPS) is 10.4. The predicted molar refractivity (Wildman–Crippen MR) is 64.3 cm³/mol. The molecule has 0 unspecified atom stereocenters. The lowest BCUT2D eigenvalue weighted by atomic mass is 10.2. The summed E-state index contributed by atoms with van der Waals surface area (Å²) in [7, 11) is 0. The van der Waals surface area contributed by atoms with E-state index in [1.54, 1.807) is 18.2 Å². The van der Waals surface area contributed by atoms with Gasteiger partial charge in [0.05, 0.1) is 4.47 Å². The molecule has 0 saturated heterocycles. The molecule has 0 radical (unpaired) electrons. The van der Waals surface area contributed by atoms with Crippen LogP contribution < -0.4 is 5.73 Å². The first-order valence-electron chi connectivity index (χ1n) is 4.63. The summed E-state index contributed by atoms with van der Waals surface area (Å²) in [5, 5.41) is 0. The van der Waals surface area contributed by atoms with E-state index >= 15 is 0 Å². The maximum absolute atomic E-state index is 13.1.